The van der Waals surface area contributed by atoms with Gasteiger partial charge in [0, 0.05) is 16.8 Å². The monoisotopic (exact) mass is 483 g/mol. The van der Waals surface area contributed by atoms with Crippen molar-refractivity contribution in [1.82, 2.24) is 4.57 Å². The summed E-state index contributed by atoms with van der Waals surface area (Å²) in [6.45, 7) is 0. The molecule has 0 aliphatic rings. The molecule has 0 aliphatic carbocycles. The van der Waals surface area contributed by atoms with Crippen molar-refractivity contribution in [3.05, 3.63) is 144 Å². The molecule has 1 heterocycles. The first kappa shape index (κ1) is 23.8. The Labute approximate surface area is 216 Å². The molecule has 0 bridgehead atoms. The zero-order valence-corrected chi connectivity index (χ0v) is 20.4. The Kier molecular flexibility index (Phi) is 6.91. The van der Waals surface area contributed by atoms with E-state index in [0.717, 1.165) is 33.8 Å². The van der Waals surface area contributed by atoms with Gasteiger partial charge in [0.2, 0.25) is 0 Å². The highest BCUT2D eigenvalue weighted by Crippen LogP contribution is 2.37. The summed E-state index contributed by atoms with van der Waals surface area (Å²) in [5.74, 6) is -0.440. The second-order valence-corrected chi connectivity index (χ2v) is 8.50. The van der Waals surface area contributed by atoms with Crippen molar-refractivity contribution >= 4 is 17.8 Å². The van der Waals surface area contributed by atoms with Gasteiger partial charge in [0.25, 0.3) is 0 Å². The summed E-state index contributed by atoms with van der Waals surface area (Å²) in [5.41, 5.74) is 6.88. The molecule has 0 unspecified atom stereocenters. The average molecular weight is 484 g/mol. The van der Waals surface area contributed by atoms with Crippen LogP contribution < -0.4 is 0 Å². The van der Waals surface area contributed by atoms with Crippen molar-refractivity contribution < 1.29 is 14.3 Å². The first-order valence-corrected chi connectivity index (χ1v) is 12.0. The molecule has 4 nitrogen and oxygen atoms in total. The van der Waals surface area contributed by atoms with Crippen molar-refractivity contribution in [2.75, 3.05) is 7.11 Å². The SMILES string of the molecule is COC(=O)c1ccc(-n2c(-c3ccccc3)cc(/C=C/C(=O)c3ccccc3)c2-c2ccccc2)cc1. The maximum Gasteiger partial charge on any atom is 0.337 e. The highest BCUT2D eigenvalue weighted by atomic mass is 16.5. The molecule has 0 saturated heterocycles. The van der Waals surface area contributed by atoms with Crippen LogP contribution in [-0.4, -0.2) is 23.4 Å². The van der Waals surface area contributed by atoms with Gasteiger partial charge in [-0.1, -0.05) is 91.0 Å². The number of esters is 1. The predicted molar refractivity (Wildman–Crippen MR) is 148 cm³/mol. The van der Waals surface area contributed by atoms with Crippen LogP contribution in [0.3, 0.4) is 0 Å². The van der Waals surface area contributed by atoms with E-state index in [0.29, 0.717) is 11.1 Å². The van der Waals surface area contributed by atoms with Gasteiger partial charge < -0.3 is 9.30 Å². The maximum atomic E-state index is 12.9. The van der Waals surface area contributed by atoms with Gasteiger partial charge in [-0.2, -0.15) is 0 Å². The van der Waals surface area contributed by atoms with Gasteiger partial charge in [0.1, 0.15) is 0 Å². The second kappa shape index (κ2) is 10.8. The average Bonchev–Trinajstić information content (AvgIpc) is 3.36. The van der Waals surface area contributed by atoms with Crippen LogP contribution in [-0.2, 0) is 4.74 Å². The fourth-order valence-corrected chi connectivity index (χ4v) is 4.37. The molecule has 0 aliphatic heterocycles. The van der Waals surface area contributed by atoms with Crippen LogP contribution in [0.15, 0.2) is 127 Å². The summed E-state index contributed by atoms with van der Waals surface area (Å²) in [6, 6.07) is 38.9. The lowest BCUT2D eigenvalue weighted by molar-refractivity contribution is 0.0600. The van der Waals surface area contributed by atoms with Crippen LogP contribution in [0.2, 0.25) is 0 Å². The Morgan fingerprint density at radius 2 is 1.24 bits per heavy atom. The van der Waals surface area contributed by atoms with E-state index in [4.69, 9.17) is 4.74 Å². The van der Waals surface area contributed by atoms with Gasteiger partial charge in [-0.25, -0.2) is 4.79 Å². The number of ether oxygens (including phenoxy) is 1. The van der Waals surface area contributed by atoms with Gasteiger partial charge in [0.15, 0.2) is 5.78 Å². The Bertz CT molecular complexity index is 1550. The van der Waals surface area contributed by atoms with E-state index < -0.39 is 0 Å². The largest absolute Gasteiger partial charge is 0.465 e. The van der Waals surface area contributed by atoms with Gasteiger partial charge in [-0.3, -0.25) is 4.79 Å². The number of carbonyl (C=O) groups is 2. The van der Waals surface area contributed by atoms with E-state index in [1.807, 2.05) is 84.9 Å². The minimum absolute atomic E-state index is 0.0592. The molecule has 0 fully saturated rings. The Hall–Kier alpha value is -4.96. The summed E-state index contributed by atoms with van der Waals surface area (Å²) >= 11 is 0. The van der Waals surface area contributed by atoms with Crippen molar-refractivity contribution in [3.63, 3.8) is 0 Å². The number of methoxy groups -OCH3 is 1. The first-order chi connectivity index (χ1) is 18.2. The molecule has 5 rings (SSSR count). The van der Waals surface area contributed by atoms with Crippen LogP contribution in [0.25, 0.3) is 34.3 Å². The second-order valence-electron chi connectivity index (χ2n) is 8.50. The molecule has 180 valence electrons. The Balaban J connectivity index is 1.71. The van der Waals surface area contributed by atoms with Crippen molar-refractivity contribution in [2.45, 2.75) is 0 Å². The topological polar surface area (TPSA) is 48.3 Å². The van der Waals surface area contributed by atoms with Crippen LogP contribution in [0.4, 0.5) is 0 Å². The zero-order valence-electron chi connectivity index (χ0n) is 20.4. The lowest BCUT2D eigenvalue weighted by Crippen LogP contribution is -2.03. The van der Waals surface area contributed by atoms with Gasteiger partial charge in [0.05, 0.1) is 24.1 Å². The molecule has 37 heavy (non-hydrogen) atoms. The van der Waals surface area contributed by atoms with E-state index in [1.165, 1.54) is 7.11 Å². The summed E-state index contributed by atoms with van der Waals surface area (Å²) in [7, 11) is 1.37. The molecule has 4 heteroatoms. The fourth-order valence-electron chi connectivity index (χ4n) is 4.37. The number of aromatic nitrogens is 1. The number of carbonyl (C=O) groups excluding carboxylic acids is 2. The van der Waals surface area contributed by atoms with Crippen LogP contribution in [0, 0.1) is 0 Å². The molecule has 0 N–H and O–H groups in total. The van der Waals surface area contributed by atoms with Gasteiger partial charge in [-0.05, 0) is 53.6 Å². The van der Waals surface area contributed by atoms with E-state index in [9.17, 15) is 9.59 Å². The molecule has 0 radical (unpaired) electrons. The standard InChI is InChI=1S/C33H25NO3/c1-37-33(36)27-17-20-29(21-18-27)34-30(24-11-5-2-6-12-24)23-28(32(34)26-15-9-4-10-16-26)19-22-31(35)25-13-7-3-8-14-25/h2-23H,1H3/b22-19+. The van der Waals surface area contributed by atoms with Crippen LogP contribution in [0.1, 0.15) is 26.3 Å². The normalized spacial score (nSPS) is 10.9. The molecule has 4 aromatic carbocycles. The third kappa shape index (κ3) is 5.04. The number of hydrogen-bond acceptors (Lipinski definition) is 3. The van der Waals surface area contributed by atoms with Crippen molar-refractivity contribution in [2.24, 2.45) is 0 Å². The molecular weight excluding hydrogens is 458 g/mol. The number of hydrogen-bond donors (Lipinski definition) is 0. The van der Waals surface area contributed by atoms with Gasteiger partial charge in [-0.15, -0.1) is 0 Å². The lowest BCUT2D eigenvalue weighted by Gasteiger charge is -2.15. The smallest absolute Gasteiger partial charge is 0.337 e. The van der Waals surface area contributed by atoms with E-state index in [-0.39, 0.29) is 11.8 Å². The third-order valence-corrected chi connectivity index (χ3v) is 6.17. The molecule has 0 saturated carbocycles. The van der Waals surface area contributed by atoms with E-state index in [1.54, 1.807) is 18.2 Å². The molecule has 0 spiro atoms. The highest BCUT2D eigenvalue weighted by molar-refractivity contribution is 6.07. The first-order valence-electron chi connectivity index (χ1n) is 12.0. The fraction of sp³-hybridized carbons (Fsp3) is 0.0303. The summed E-state index contributed by atoms with van der Waals surface area (Å²) < 4.78 is 7.04. The van der Waals surface area contributed by atoms with E-state index >= 15 is 0 Å². The minimum atomic E-state index is -0.381. The van der Waals surface area contributed by atoms with Crippen LogP contribution >= 0.6 is 0 Å². The van der Waals surface area contributed by atoms with Crippen molar-refractivity contribution in [3.8, 4) is 28.2 Å². The summed E-state index contributed by atoms with van der Waals surface area (Å²) in [6.07, 6.45) is 3.50. The number of nitrogens with zero attached hydrogens (tertiary/aromatic N) is 1. The summed E-state index contributed by atoms with van der Waals surface area (Å²) in [5, 5.41) is 0. The number of allylic oxidation sites excluding steroid dienone is 1. The molecule has 5 aromatic rings. The summed E-state index contributed by atoms with van der Waals surface area (Å²) in [4.78, 5) is 24.9. The quantitative estimate of drug-likeness (QED) is 0.137. The molecule has 1 aromatic heterocycles. The number of benzene rings is 4. The predicted octanol–water partition coefficient (Wildman–Crippen LogP) is 7.49. The number of rotatable bonds is 7. The molecular formula is C33H25NO3. The number of ketones is 1. The third-order valence-electron chi connectivity index (χ3n) is 6.17. The van der Waals surface area contributed by atoms with Crippen LogP contribution in [0.5, 0.6) is 0 Å². The Morgan fingerprint density at radius 1 is 0.676 bits per heavy atom. The van der Waals surface area contributed by atoms with Crippen molar-refractivity contribution in [1.29, 1.82) is 0 Å². The van der Waals surface area contributed by atoms with E-state index in [2.05, 4.69) is 34.9 Å². The Morgan fingerprint density at radius 3 is 1.84 bits per heavy atom. The van der Waals surface area contributed by atoms with Gasteiger partial charge >= 0.3 is 5.97 Å². The molecule has 0 amide bonds. The maximum absolute atomic E-state index is 12.9. The lowest BCUT2D eigenvalue weighted by atomic mass is 10.1. The highest BCUT2D eigenvalue weighted by Gasteiger charge is 2.19. The zero-order chi connectivity index (χ0) is 25.6. The molecule has 0 atom stereocenters. The minimum Gasteiger partial charge on any atom is -0.465 e.